The van der Waals surface area contributed by atoms with Crippen molar-refractivity contribution in [2.75, 3.05) is 32.8 Å². The number of carbonyl (C=O) groups excluding carboxylic acids is 1. The van der Waals surface area contributed by atoms with E-state index in [0.29, 0.717) is 12.5 Å². The van der Waals surface area contributed by atoms with Gasteiger partial charge in [-0.1, -0.05) is 6.92 Å². The van der Waals surface area contributed by atoms with Gasteiger partial charge in [0.05, 0.1) is 12.5 Å². The quantitative estimate of drug-likeness (QED) is 0.713. The van der Waals surface area contributed by atoms with Crippen LogP contribution in [0.5, 0.6) is 0 Å². The molecule has 0 radical (unpaired) electrons. The molecule has 2 unspecified atom stereocenters. The topological polar surface area (TPSA) is 41.6 Å². The minimum absolute atomic E-state index is 0.00374. The number of nitrogens with zero attached hydrogens (tertiary/aromatic N) is 1. The highest BCUT2D eigenvalue weighted by molar-refractivity contribution is 5.72. The van der Waals surface area contributed by atoms with E-state index in [1.54, 1.807) is 0 Å². The molecule has 1 N–H and O–H groups in total. The Hall–Kier alpha value is -0.610. The Kier molecular flexibility index (Phi) is 5.64. The van der Waals surface area contributed by atoms with Crippen LogP contribution in [0.4, 0.5) is 0 Å². The maximum atomic E-state index is 11.8. The van der Waals surface area contributed by atoms with Gasteiger partial charge >= 0.3 is 5.97 Å². The summed E-state index contributed by atoms with van der Waals surface area (Å²) >= 11 is 0. The lowest BCUT2D eigenvalue weighted by molar-refractivity contribution is -0.150. The van der Waals surface area contributed by atoms with E-state index in [-0.39, 0.29) is 11.9 Å². The molecular formula is C15H28N2O2. The summed E-state index contributed by atoms with van der Waals surface area (Å²) in [5, 5.41) is 3.58. The average molecular weight is 268 g/mol. The molecule has 1 heterocycles. The Morgan fingerprint density at radius 3 is 2.89 bits per heavy atom. The molecule has 2 atom stereocenters. The van der Waals surface area contributed by atoms with Crippen molar-refractivity contribution >= 4 is 5.97 Å². The van der Waals surface area contributed by atoms with Gasteiger partial charge in [0.2, 0.25) is 0 Å². The molecule has 0 bridgehead atoms. The number of nitrogens with one attached hydrogen (secondary N) is 1. The molecule has 1 saturated carbocycles. The summed E-state index contributed by atoms with van der Waals surface area (Å²) in [6.07, 6.45) is 4.80. The number of piperidine rings is 1. The van der Waals surface area contributed by atoms with Gasteiger partial charge in [-0.25, -0.2) is 0 Å². The standard InChI is InChI=1S/C15H28N2O2/c1-3-19-15(18)13-5-4-8-17(11-13)10-12(2)9-16-14-6-7-14/h12-14,16H,3-11H2,1-2H3. The first-order valence-electron chi connectivity index (χ1n) is 7.81. The van der Waals surface area contributed by atoms with Gasteiger partial charge in [0.25, 0.3) is 0 Å². The molecule has 1 saturated heterocycles. The number of esters is 1. The van der Waals surface area contributed by atoms with Crippen LogP contribution >= 0.6 is 0 Å². The molecule has 0 spiro atoms. The lowest BCUT2D eigenvalue weighted by atomic mass is 9.97. The van der Waals surface area contributed by atoms with Crippen molar-refractivity contribution in [1.29, 1.82) is 0 Å². The van der Waals surface area contributed by atoms with Crippen molar-refractivity contribution in [2.24, 2.45) is 11.8 Å². The summed E-state index contributed by atoms with van der Waals surface area (Å²) in [5.74, 6) is 0.745. The molecule has 110 valence electrons. The zero-order chi connectivity index (χ0) is 13.7. The lowest BCUT2D eigenvalue weighted by Gasteiger charge is -2.33. The molecular weight excluding hydrogens is 240 g/mol. The number of hydrogen-bond donors (Lipinski definition) is 1. The van der Waals surface area contributed by atoms with Gasteiger partial charge in [0.1, 0.15) is 0 Å². The molecule has 1 aliphatic heterocycles. The highest BCUT2D eigenvalue weighted by Crippen LogP contribution is 2.20. The van der Waals surface area contributed by atoms with Crippen LogP contribution in [0.25, 0.3) is 0 Å². The third-order valence-corrected chi connectivity index (χ3v) is 4.03. The third-order valence-electron chi connectivity index (χ3n) is 4.03. The fourth-order valence-corrected chi connectivity index (χ4v) is 2.83. The van der Waals surface area contributed by atoms with E-state index >= 15 is 0 Å². The summed E-state index contributed by atoms with van der Waals surface area (Å²) < 4.78 is 5.14. The number of ether oxygens (including phenoxy) is 1. The fourth-order valence-electron chi connectivity index (χ4n) is 2.83. The highest BCUT2D eigenvalue weighted by atomic mass is 16.5. The first-order chi connectivity index (χ1) is 9.19. The molecule has 4 nitrogen and oxygen atoms in total. The van der Waals surface area contributed by atoms with E-state index < -0.39 is 0 Å². The van der Waals surface area contributed by atoms with E-state index in [4.69, 9.17) is 4.74 Å². The largest absolute Gasteiger partial charge is 0.466 e. The summed E-state index contributed by atoms with van der Waals surface area (Å²) in [5.41, 5.74) is 0. The molecule has 2 aliphatic rings. The van der Waals surface area contributed by atoms with Gasteiger partial charge in [0.15, 0.2) is 0 Å². The fraction of sp³-hybridized carbons (Fsp3) is 0.933. The Bertz CT molecular complexity index is 292. The highest BCUT2D eigenvalue weighted by Gasteiger charge is 2.27. The van der Waals surface area contributed by atoms with E-state index in [9.17, 15) is 4.79 Å². The van der Waals surface area contributed by atoms with Crippen LogP contribution in [0.1, 0.15) is 39.5 Å². The normalized spacial score (nSPS) is 26.1. The van der Waals surface area contributed by atoms with E-state index in [1.807, 2.05) is 6.92 Å². The summed E-state index contributed by atoms with van der Waals surface area (Å²) in [7, 11) is 0. The summed E-state index contributed by atoms with van der Waals surface area (Å²) in [6, 6.07) is 0.788. The number of likely N-dealkylation sites (tertiary alicyclic amines) is 1. The van der Waals surface area contributed by atoms with Crippen molar-refractivity contribution in [3.63, 3.8) is 0 Å². The van der Waals surface area contributed by atoms with Gasteiger partial charge in [0, 0.05) is 19.1 Å². The van der Waals surface area contributed by atoms with Gasteiger partial charge in [-0.3, -0.25) is 4.79 Å². The van der Waals surface area contributed by atoms with Gasteiger partial charge in [-0.2, -0.15) is 0 Å². The van der Waals surface area contributed by atoms with Crippen LogP contribution in [0, 0.1) is 11.8 Å². The molecule has 0 aromatic heterocycles. The molecule has 0 aromatic carbocycles. The van der Waals surface area contributed by atoms with Gasteiger partial charge in [-0.15, -0.1) is 0 Å². The lowest BCUT2D eigenvalue weighted by Crippen LogP contribution is -2.42. The van der Waals surface area contributed by atoms with E-state index in [1.165, 1.54) is 12.8 Å². The molecule has 2 rings (SSSR count). The smallest absolute Gasteiger partial charge is 0.310 e. The van der Waals surface area contributed by atoms with Crippen molar-refractivity contribution < 1.29 is 9.53 Å². The number of hydrogen-bond acceptors (Lipinski definition) is 4. The molecule has 4 heteroatoms. The molecule has 0 aromatic rings. The second-order valence-corrected chi connectivity index (χ2v) is 6.14. The Labute approximate surface area is 116 Å². The van der Waals surface area contributed by atoms with Crippen molar-refractivity contribution in [3.05, 3.63) is 0 Å². The van der Waals surface area contributed by atoms with Crippen LogP contribution in [0.2, 0.25) is 0 Å². The number of rotatable bonds is 7. The second kappa shape index (κ2) is 7.25. The molecule has 1 aliphatic carbocycles. The van der Waals surface area contributed by atoms with Gasteiger partial charge in [-0.05, 0) is 51.6 Å². The van der Waals surface area contributed by atoms with Crippen LogP contribution in [-0.4, -0.2) is 49.7 Å². The maximum Gasteiger partial charge on any atom is 0.310 e. The van der Waals surface area contributed by atoms with Crippen LogP contribution in [0.3, 0.4) is 0 Å². The first-order valence-corrected chi connectivity index (χ1v) is 7.81. The van der Waals surface area contributed by atoms with Gasteiger partial charge < -0.3 is 15.0 Å². The molecule has 0 amide bonds. The van der Waals surface area contributed by atoms with E-state index in [0.717, 1.165) is 45.1 Å². The summed E-state index contributed by atoms with van der Waals surface area (Å²) in [4.78, 5) is 14.2. The van der Waals surface area contributed by atoms with Crippen LogP contribution < -0.4 is 5.32 Å². The molecule has 19 heavy (non-hydrogen) atoms. The predicted molar refractivity (Wildman–Crippen MR) is 76.0 cm³/mol. The Balaban J connectivity index is 1.68. The third kappa shape index (κ3) is 5.11. The molecule has 2 fully saturated rings. The Morgan fingerprint density at radius 1 is 1.42 bits per heavy atom. The van der Waals surface area contributed by atoms with Crippen LogP contribution in [-0.2, 0) is 9.53 Å². The summed E-state index contributed by atoms with van der Waals surface area (Å²) in [6.45, 7) is 8.88. The first kappa shape index (κ1) is 14.8. The minimum atomic E-state index is -0.00374. The van der Waals surface area contributed by atoms with Crippen molar-refractivity contribution in [1.82, 2.24) is 10.2 Å². The predicted octanol–water partition coefficient (Wildman–Crippen LogP) is 1.65. The Morgan fingerprint density at radius 2 is 2.21 bits per heavy atom. The maximum absolute atomic E-state index is 11.8. The van der Waals surface area contributed by atoms with E-state index in [2.05, 4.69) is 17.1 Å². The number of carbonyl (C=O) groups is 1. The average Bonchev–Trinajstić information content (AvgIpc) is 3.21. The zero-order valence-corrected chi connectivity index (χ0v) is 12.4. The SMILES string of the molecule is CCOC(=O)C1CCCN(CC(C)CNC2CC2)C1. The van der Waals surface area contributed by atoms with Crippen molar-refractivity contribution in [3.8, 4) is 0 Å². The van der Waals surface area contributed by atoms with Crippen LogP contribution in [0.15, 0.2) is 0 Å². The zero-order valence-electron chi connectivity index (χ0n) is 12.4. The second-order valence-electron chi connectivity index (χ2n) is 6.14. The minimum Gasteiger partial charge on any atom is -0.466 e. The van der Waals surface area contributed by atoms with Crippen molar-refractivity contribution in [2.45, 2.75) is 45.6 Å². The monoisotopic (exact) mass is 268 g/mol.